The van der Waals surface area contributed by atoms with Crippen LogP contribution in [0.4, 0.5) is 0 Å². The van der Waals surface area contributed by atoms with Gasteiger partial charge in [0.25, 0.3) is 0 Å². The largest absolute Gasteiger partial charge is 0.497 e. The monoisotopic (exact) mass is 269 g/mol. The van der Waals surface area contributed by atoms with Gasteiger partial charge in [-0.25, -0.2) is 0 Å². The zero-order valence-corrected chi connectivity index (χ0v) is 11.5. The molecule has 0 spiro atoms. The van der Waals surface area contributed by atoms with Crippen LogP contribution in [0.5, 0.6) is 0 Å². The molecule has 3 rings (SSSR count). The molecule has 3 heterocycles. The maximum atomic E-state index is 5.90. The van der Waals surface area contributed by atoms with E-state index in [1.54, 1.807) is 6.26 Å². The highest BCUT2D eigenvalue weighted by Crippen LogP contribution is 2.38. The Labute approximate surface area is 114 Å². The molecule has 98 valence electrons. The second-order valence-corrected chi connectivity index (χ2v) is 4.56. The molecule has 0 bridgehead atoms. The van der Waals surface area contributed by atoms with Crippen LogP contribution in [0.1, 0.15) is 13.8 Å². The van der Waals surface area contributed by atoms with Gasteiger partial charge in [-0.05, 0) is 49.2 Å². The fourth-order valence-electron chi connectivity index (χ4n) is 2.64. The third-order valence-corrected chi connectivity index (χ3v) is 3.60. The number of hydrogen-bond donors (Lipinski definition) is 1. The van der Waals surface area contributed by atoms with Gasteiger partial charge in [-0.2, -0.15) is 0 Å². The van der Waals surface area contributed by atoms with Gasteiger partial charge in [0.1, 0.15) is 12.8 Å². The normalized spacial score (nSPS) is 29.8. The fraction of sp³-hybridized carbons (Fsp3) is 0.500. The molecule has 4 nitrogen and oxygen atoms in total. The molecule has 2 atom stereocenters. The molecule has 0 aromatic heterocycles. The Kier molecular flexibility index (Phi) is 3.87. The lowest BCUT2D eigenvalue weighted by Crippen LogP contribution is -2.42. The third kappa shape index (κ3) is 1.91. The van der Waals surface area contributed by atoms with Gasteiger partial charge in [-0.15, -0.1) is 12.4 Å². The van der Waals surface area contributed by atoms with Gasteiger partial charge < -0.3 is 14.0 Å². The molecule has 0 radical (unpaired) electrons. The summed E-state index contributed by atoms with van der Waals surface area (Å²) in [6.07, 6.45) is 3.75. The number of allylic oxidation sites excluding steroid dienone is 3. The molecule has 18 heavy (non-hydrogen) atoms. The molecule has 3 aliphatic rings. The minimum absolute atomic E-state index is 0. The van der Waals surface area contributed by atoms with E-state index in [1.165, 1.54) is 16.7 Å². The lowest BCUT2D eigenvalue weighted by atomic mass is 9.69. The Morgan fingerprint density at radius 3 is 2.89 bits per heavy atom. The number of halogens is 1. The zero-order valence-electron chi connectivity index (χ0n) is 10.7. The summed E-state index contributed by atoms with van der Waals surface area (Å²) in [6.45, 7) is 4.71. The minimum atomic E-state index is -0.262. The Bertz CT molecular complexity index is 447. The van der Waals surface area contributed by atoms with Crippen molar-refractivity contribution in [2.75, 3.05) is 13.7 Å². The summed E-state index contributed by atoms with van der Waals surface area (Å²) in [4.78, 5) is 0. The van der Waals surface area contributed by atoms with Crippen molar-refractivity contribution in [1.82, 2.24) is 5.32 Å². The molecule has 2 unspecified atom stereocenters. The van der Waals surface area contributed by atoms with E-state index in [9.17, 15) is 0 Å². The first-order valence-electron chi connectivity index (χ1n) is 5.92. The maximum absolute atomic E-state index is 5.90. The van der Waals surface area contributed by atoms with Gasteiger partial charge >= 0.3 is 7.12 Å². The van der Waals surface area contributed by atoms with E-state index < -0.39 is 0 Å². The minimum Gasteiger partial charge on any atom is -0.497 e. The summed E-state index contributed by atoms with van der Waals surface area (Å²) in [5, 5.41) is 3.15. The van der Waals surface area contributed by atoms with Crippen molar-refractivity contribution >= 4 is 19.5 Å². The van der Waals surface area contributed by atoms with Gasteiger partial charge in [-0.3, -0.25) is 5.32 Å². The van der Waals surface area contributed by atoms with Crippen LogP contribution in [0.2, 0.25) is 0 Å². The number of rotatable bonds is 1. The molecule has 0 saturated carbocycles. The number of likely N-dealkylation sites (N-methyl/N-ethyl adjacent to an activating group) is 1. The van der Waals surface area contributed by atoms with Crippen LogP contribution in [0, 0.1) is 0 Å². The molecule has 3 aliphatic heterocycles. The fourth-order valence-corrected chi connectivity index (χ4v) is 2.64. The maximum Gasteiger partial charge on any atom is 0.496 e. The summed E-state index contributed by atoms with van der Waals surface area (Å²) < 4.78 is 17.2. The van der Waals surface area contributed by atoms with Gasteiger partial charge in [0.15, 0.2) is 0 Å². The van der Waals surface area contributed by atoms with Crippen LogP contribution < -0.4 is 5.32 Å². The van der Waals surface area contributed by atoms with Gasteiger partial charge in [0.2, 0.25) is 0 Å². The molecule has 0 aliphatic carbocycles. The van der Waals surface area contributed by atoms with E-state index in [0.717, 1.165) is 5.47 Å². The highest BCUT2D eigenvalue weighted by atomic mass is 35.5. The number of nitrogens with one attached hydrogen (secondary N) is 1. The zero-order chi connectivity index (χ0) is 12.0. The van der Waals surface area contributed by atoms with E-state index in [2.05, 4.69) is 12.2 Å². The first kappa shape index (κ1) is 13.7. The summed E-state index contributed by atoms with van der Waals surface area (Å²) in [5.41, 5.74) is 4.73. The second-order valence-electron chi connectivity index (χ2n) is 4.56. The smallest absolute Gasteiger partial charge is 0.496 e. The van der Waals surface area contributed by atoms with Crippen molar-refractivity contribution in [3.05, 3.63) is 34.5 Å². The molecule has 0 amide bonds. The van der Waals surface area contributed by atoms with E-state index >= 15 is 0 Å². The Morgan fingerprint density at radius 1 is 1.39 bits per heavy atom. The summed E-state index contributed by atoms with van der Waals surface area (Å²) in [6, 6.07) is 0. The number of hydrogen-bond acceptors (Lipinski definition) is 4. The van der Waals surface area contributed by atoms with Crippen LogP contribution in [-0.4, -0.2) is 33.1 Å². The average molecular weight is 270 g/mol. The van der Waals surface area contributed by atoms with Crippen LogP contribution in [-0.2, 0) is 14.0 Å². The van der Waals surface area contributed by atoms with E-state index in [1.807, 2.05) is 20.0 Å². The molecule has 0 saturated heterocycles. The van der Waals surface area contributed by atoms with Crippen molar-refractivity contribution < 1.29 is 14.0 Å². The first-order valence-corrected chi connectivity index (χ1v) is 5.92. The van der Waals surface area contributed by atoms with E-state index in [0.29, 0.717) is 6.61 Å². The molecule has 1 N–H and O–H groups in total. The van der Waals surface area contributed by atoms with Gasteiger partial charge in [-0.1, -0.05) is 0 Å². The predicted molar refractivity (Wildman–Crippen MR) is 72.3 cm³/mol. The standard InChI is InChI=1S/C12H16BNO3.ClH/c1-7-9-4-5-15-6-10-8(2)16-13(11(9)10)17-12(7)14-3;/h4-5,8,12,14H,6H2,1-3H3;1H. The first-order chi connectivity index (χ1) is 8.22. The van der Waals surface area contributed by atoms with Crippen LogP contribution in [0.25, 0.3) is 0 Å². The highest BCUT2D eigenvalue weighted by Gasteiger charge is 2.45. The Hall–Kier alpha value is -0.745. The molecular weight excluding hydrogens is 252 g/mol. The Morgan fingerprint density at radius 2 is 2.17 bits per heavy atom. The third-order valence-electron chi connectivity index (χ3n) is 3.60. The van der Waals surface area contributed by atoms with Crippen molar-refractivity contribution in [1.29, 1.82) is 0 Å². The van der Waals surface area contributed by atoms with Crippen molar-refractivity contribution in [2.24, 2.45) is 0 Å². The summed E-state index contributed by atoms with van der Waals surface area (Å²) >= 11 is 0. The predicted octanol–water partition coefficient (Wildman–Crippen LogP) is 1.59. The van der Waals surface area contributed by atoms with Crippen molar-refractivity contribution in [3.8, 4) is 0 Å². The van der Waals surface area contributed by atoms with E-state index in [4.69, 9.17) is 14.0 Å². The molecule has 0 fully saturated rings. The van der Waals surface area contributed by atoms with Gasteiger partial charge in [0.05, 0.1) is 12.4 Å². The van der Waals surface area contributed by atoms with Crippen LogP contribution in [0.3, 0.4) is 0 Å². The average Bonchev–Trinajstić information content (AvgIpc) is 2.53. The summed E-state index contributed by atoms with van der Waals surface area (Å²) in [5.74, 6) is 0. The van der Waals surface area contributed by atoms with Crippen LogP contribution >= 0.6 is 12.4 Å². The molecule has 0 aromatic rings. The Balaban J connectivity index is 0.00000120. The molecule has 0 aromatic carbocycles. The molecule has 6 heteroatoms. The number of ether oxygens (including phenoxy) is 1. The lowest BCUT2D eigenvalue weighted by molar-refractivity contribution is 0.129. The second kappa shape index (κ2) is 5.09. The molecular formula is C12H17BClNO3. The van der Waals surface area contributed by atoms with Crippen LogP contribution in [0.15, 0.2) is 34.5 Å². The highest BCUT2D eigenvalue weighted by molar-refractivity contribution is 6.57. The van der Waals surface area contributed by atoms with Crippen molar-refractivity contribution in [2.45, 2.75) is 26.2 Å². The van der Waals surface area contributed by atoms with E-state index in [-0.39, 0.29) is 31.9 Å². The topological polar surface area (TPSA) is 39.7 Å². The quantitative estimate of drug-likeness (QED) is 0.734. The summed E-state index contributed by atoms with van der Waals surface area (Å²) in [7, 11) is 1.63. The lowest BCUT2D eigenvalue weighted by Gasteiger charge is -2.29. The SMILES string of the molecule is CNC1OB2OC(C)C3=C2C(=C1C)C=COC3.Cl. The van der Waals surface area contributed by atoms with Crippen molar-refractivity contribution in [3.63, 3.8) is 0 Å². The van der Waals surface area contributed by atoms with Gasteiger partial charge in [0, 0.05) is 0 Å².